The number of alkyl halides is 3. The molecule has 2 aromatic carbocycles. The highest BCUT2D eigenvalue weighted by Crippen LogP contribution is 2.38. The van der Waals surface area contributed by atoms with Crippen molar-refractivity contribution >= 4 is 29.2 Å². The Kier molecular flexibility index (Phi) is 7.47. The molecule has 2 rings (SSSR count). The number of carboxylic acids is 1. The van der Waals surface area contributed by atoms with Gasteiger partial charge in [-0.25, -0.2) is 4.39 Å². The lowest BCUT2D eigenvalue weighted by molar-refractivity contribution is -0.178. The summed E-state index contributed by atoms with van der Waals surface area (Å²) in [5.41, 5.74) is 0.196. The van der Waals surface area contributed by atoms with Crippen molar-refractivity contribution < 1.29 is 32.3 Å². The van der Waals surface area contributed by atoms with Gasteiger partial charge in [-0.1, -0.05) is 43.6 Å². The van der Waals surface area contributed by atoms with E-state index in [0.29, 0.717) is 10.6 Å². The van der Waals surface area contributed by atoms with Crippen LogP contribution in [0.1, 0.15) is 43.2 Å². The van der Waals surface area contributed by atoms with Crippen LogP contribution in [-0.4, -0.2) is 23.2 Å². The predicted molar refractivity (Wildman–Crippen MR) is 105 cm³/mol. The maximum atomic E-state index is 14.2. The first kappa shape index (κ1) is 23.7. The van der Waals surface area contributed by atoms with E-state index in [1.54, 1.807) is 6.92 Å². The summed E-state index contributed by atoms with van der Waals surface area (Å²) in [4.78, 5) is 23.7. The number of hydrogen-bond donors (Lipinski definition) is 2. The standard InChI is InChI=1S/C21H20ClF4NO3/c1-11(9-18(28)29)14-5-8-16(23)17(10-14)27-20(30)19(12(2)21(24,25)26)13-3-6-15(22)7-4-13/h3-8,10-12,19H,9H2,1-2H3,(H,27,30)(H,28,29)/t11?,12-,19+/m1/s1. The SMILES string of the molecule is CC(CC(=O)O)c1ccc(F)c(NC(=O)[C@H](c2ccc(Cl)cc2)[C@@H](C)C(F)(F)F)c1. The molecule has 0 aromatic heterocycles. The summed E-state index contributed by atoms with van der Waals surface area (Å²) in [6, 6.07) is 9.01. The fraction of sp³-hybridized carbons (Fsp3) is 0.333. The van der Waals surface area contributed by atoms with Crippen LogP contribution in [0.15, 0.2) is 42.5 Å². The Labute approximate surface area is 175 Å². The Morgan fingerprint density at radius 1 is 1.07 bits per heavy atom. The number of hydrogen-bond acceptors (Lipinski definition) is 2. The maximum Gasteiger partial charge on any atom is 0.392 e. The van der Waals surface area contributed by atoms with Crippen molar-refractivity contribution in [1.29, 1.82) is 0 Å². The molecule has 0 spiro atoms. The molecule has 0 bridgehead atoms. The minimum Gasteiger partial charge on any atom is -0.481 e. The van der Waals surface area contributed by atoms with Crippen molar-refractivity contribution in [3.63, 3.8) is 0 Å². The summed E-state index contributed by atoms with van der Waals surface area (Å²) in [7, 11) is 0. The summed E-state index contributed by atoms with van der Waals surface area (Å²) in [6.07, 6.45) is -4.89. The Hall–Kier alpha value is -2.61. The predicted octanol–water partition coefficient (Wildman–Crippen LogP) is 5.98. The third kappa shape index (κ3) is 5.95. The van der Waals surface area contributed by atoms with Gasteiger partial charge in [0, 0.05) is 5.02 Å². The molecular formula is C21H20ClF4NO3. The van der Waals surface area contributed by atoms with Crippen LogP contribution in [0.2, 0.25) is 5.02 Å². The fourth-order valence-electron chi connectivity index (χ4n) is 3.06. The van der Waals surface area contributed by atoms with E-state index in [1.165, 1.54) is 36.4 Å². The molecule has 0 fully saturated rings. The first-order valence-corrected chi connectivity index (χ1v) is 9.42. The normalized spacial score (nSPS) is 14.6. The van der Waals surface area contributed by atoms with E-state index in [9.17, 15) is 27.2 Å². The molecule has 9 heteroatoms. The van der Waals surface area contributed by atoms with E-state index in [1.807, 2.05) is 0 Å². The van der Waals surface area contributed by atoms with Crippen molar-refractivity contribution in [3.05, 3.63) is 64.4 Å². The fourth-order valence-corrected chi connectivity index (χ4v) is 3.19. The van der Waals surface area contributed by atoms with Gasteiger partial charge in [0.15, 0.2) is 0 Å². The number of carbonyl (C=O) groups excluding carboxylic acids is 1. The summed E-state index contributed by atoms with van der Waals surface area (Å²) in [6.45, 7) is 2.48. The first-order chi connectivity index (χ1) is 13.9. The number of rotatable bonds is 7. The molecule has 0 aliphatic carbocycles. The number of anilines is 1. The van der Waals surface area contributed by atoms with E-state index in [-0.39, 0.29) is 17.7 Å². The zero-order chi connectivity index (χ0) is 22.6. The van der Waals surface area contributed by atoms with Crippen molar-refractivity contribution in [2.24, 2.45) is 5.92 Å². The van der Waals surface area contributed by atoms with E-state index in [2.05, 4.69) is 5.32 Å². The summed E-state index contributed by atoms with van der Waals surface area (Å²) in [5.74, 6) is -7.11. The third-order valence-electron chi connectivity index (χ3n) is 4.83. The molecule has 2 N–H and O–H groups in total. The van der Waals surface area contributed by atoms with Crippen molar-refractivity contribution in [2.45, 2.75) is 38.3 Å². The molecule has 0 aliphatic rings. The van der Waals surface area contributed by atoms with Crippen LogP contribution in [0.5, 0.6) is 0 Å². The third-order valence-corrected chi connectivity index (χ3v) is 5.08. The number of amides is 1. The molecule has 162 valence electrons. The van der Waals surface area contributed by atoms with Gasteiger partial charge in [0.2, 0.25) is 5.91 Å². The Morgan fingerprint density at radius 3 is 2.17 bits per heavy atom. The molecule has 2 aromatic rings. The van der Waals surface area contributed by atoms with Crippen LogP contribution in [0.3, 0.4) is 0 Å². The van der Waals surface area contributed by atoms with E-state index >= 15 is 0 Å². The van der Waals surface area contributed by atoms with E-state index in [4.69, 9.17) is 16.7 Å². The molecule has 0 radical (unpaired) electrons. The molecule has 0 aliphatic heterocycles. The first-order valence-electron chi connectivity index (χ1n) is 9.04. The highest BCUT2D eigenvalue weighted by Gasteiger charge is 2.45. The highest BCUT2D eigenvalue weighted by molar-refractivity contribution is 6.30. The van der Waals surface area contributed by atoms with Crippen LogP contribution < -0.4 is 5.32 Å². The number of nitrogens with one attached hydrogen (secondary N) is 1. The van der Waals surface area contributed by atoms with Crippen molar-refractivity contribution in [3.8, 4) is 0 Å². The van der Waals surface area contributed by atoms with Gasteiger partial charge in [-0.15, -0.1) is 0 Å². The number of carboxylic acid groups (broad SMARTS) is 1. The number of halogens is 5. The van der Waals surface area contributed by atoms with Crippen molar-refractivity contribution in [1.82, 2.24) is 0 Å². The smallest absolute Gasteiger partial charge is 0.392 e. The largest absolute Gasteiger partial charge is 0.481 e. The molecule has 3 atom stereocenters. The van der Waals surface area contributed by atoms with Gasteiger partial charge in [-0.05, 0) is 41.3 Å². The lowest BCUT2D eigenvalue weighted by Crippen LogP contribution is -2.34. The zero-order valence-electron chi connectivity index (χ0n) is 16.1. The second-order valence-corrected chi connectivity index (χ2v) is 7.52. The van der Waals surface area contributed by atoms with E-state index < -0.39 is 41.6 Å². The lowest BCUT2D eigenvalue weighted by Gasteiger charge is -2.26. The Bertz CT molecular complexity index is 915. The van der Waals surface area contributed by atoms with Gasteiger partial charge in [0.05, 0.1) is 23.9 Å². The number of benzene rings is 2. The molecule has 4 nitrogen and oxygen atoms in total. The number of carbonyl (C=O) groups is 2. The van der Waals surface area contributed by atoms with Gasteiger partial charge in [-0.2, -0.15) is 13.2 Å². The summed E-state index contributed by atoms with van der Waals surface area (Å²) in [5, 5.41) is 11.4. The van der Waals surface area contributed by atoms with Crippen LogP contribution in [-0.2, 0) is 9.59 Å². The molecule has 0 saturated carbocycles. The molecular weight excluding hydrogens is 426 g/mol. The molecule has 1 amide bonds. The monoisotopic (exact) mass is 445 g/mol. The summed E-state index contributed by atoms with van der Waals surface area (Å²) >= 11 is 5.78. The highest BCUT2D eigenvalue weighted by atomic mass is 35.5. The van der Waals surface area contributed by atoms with Gasteiger partial charge in [0.25, 0.3) is 0 Å². The van der Waals surface area contributed by atoms with Crippen molar-refractivity contribution in [2.75, 3.05) is 5.32 Å². The maximum absolute atomic E-state index is 14.2. The second kappa shape index (κ2) is 9.47. The molecule has 0 heterocycles. The zero-order valence-corrected chi connectivity index (χ0v) is 16.9. The summed E-state index contributed by atoms with van der Waals surface area (Å²) < 4.78 is 54.4. The quantitative estimate of drug-likeness (QED) is 0.515. The lowest BCUT2D eigenvalue weighted by atomic mass is 9.85. The topological polar surface area (TPSA) is 66.4 Å². The molecule has 1 unspecified atom stereocenters. The van der Waals surface area contributed by atoms with E-state index in [0.717, 1.165) is 13.0 Å². The minimum atomic E-state index is -4.67. The van der Waals surface area contributed by atoms with Gasteiger partial charge < -0.3 is 10.4 Å². The average Bonchev–Trinajstić information content (AvgIpc) is 2.63. The van der Waals surface area contributed by atoms with Crippen LogP contribution >= 0.6 is 11.6 Å². The Morgan fingerprint density at radius 2 is 1.63 bits per heavy atom. The Balaban J connectivity index is 2.37. The van der Waals surface area contributed by atoms with Crippen LogP contribution in [0.25, 0.3) is 0 Å². The molecule has 30 heavy (non-hydrogen) atoms. The second-order valence-electron chi connectivity index (χ2n) is 7.09. The van der Waals surface area contributed by atoms with Gasteiger partial charge >= 0.3 is 12.1 Å². The van der Waals surface area contributed by atoms with Gasteiger partial charge in [0.1, 0.15) is 5.82 Å². The molecule has 0 saturated heterocycles. The minimum absolute atomic E-state index is 0.0810. The average molecular weight is 446 g/mol. The van der Waals surface area contributed by atoms with Crippen LogP contribution in [0.4, 0.5) is 23.2 Å². The number of aliphatic carboxylic acids is 1. The van der Waals surface area contributed by atoms with Crippen LogP contribution in [0, 0.1) is 11.7 Å². The van der Waals surface area contributed by atoms with Gasteiger partial charge in [-0.3, -0.25) is 9.59 Å².